The van der Waals surface area contributed by atoms with Crippen LogP contribution >= 0.6 is 7.92 Å². The van der Waals surface area contributed by atoms with E-state index in [1.807, 2.05) is 0 Å². The lowest BCUT2D eigenvalue weighted by Crippen LogP contribution is -2.05. The van der Waals surface area contributed by atoms with Gasteiger partial charge in [-0.05, 0) is 76.6 Å². The second-order valence-electron chi connectivity index (χ2n) is 4.33. The van der Waals surface area contributed by atoms with E-state index in [1.54, 1.807) is 0 Å². The maximum atomic E-state index is 5.53. The highest BCUT2D eigenvalue weighted by Crippen LogP contribution is 2.38. The van der Waals surface area contributed by atoms with E-state index in [4.69, 9.17) is 17.2 Å². The van der Waals surface area contributed by atoms with Crippen LogP contribution in [-0.2, 0) is 0 Å². The highest BCUT2D eigenvalue weighted by Gasteiger charge is 2.06. The van der Waals surface area contributed by atoms with Crippen molar-refractivity contribution in [3.05, 3.63) is 0 Å². The standard InChI is InChI=1S/C12H30N3P/c13-7-1-4-10-16(11-5-2-8-14)12-6-3-9-15/h1-15H2. The van der Waals surface area contributed by atoms with Crippen molar-refractivity contribution in [1.29, 1.82) is 0 Å². The summed E-state index contributed by atoms with van der Waals surface area (Å²) in [5.41, 5.74) is 16.6. The molecule has 0 aliphatic rings. The zero-order valence-electron chi connectivity index (χ0n) is 10.7. The van der Waals surface area contributed by atoms with Gasteiger partial charge in [0.05, 0.1) is 0 Å². The zero-order chi connectivity index (χ0) is 12.1. The Morgan fingerprint density at radius 3 is 1.06 bits per heavy atom. The minimum Gasteiger partial charge on any atom is -0.330 e. The predicted molar refractivity (Wildman–Crippen MR) is 76.4 cm³/mol. The van der Waals surface area contributed by atoms with Gasteiger partial charge in [0, 0.05) is 0 Å². The van der Waals surface area contributed by atoms with Gasteiger partial charge in [0.1, 0.15) is 0 Å². The van der Waals surface area contributed by atoms with Crippen molar-refractivity contribution in [2.45, 2.75) is 38.5 Å². The van der Waals surface area contributed by atoms with E-state index >= 15 is 0 Å². The van der Waals surface area contributed by atoms with Gasteiger partial charge < -0.3 is 17.2 Å². The third-order valence-corrected chi connectivity index (χ3v) is 5.63. The molecule has 0 atom stereocenters. The molecule has 0 aliphatic heterocycles. The lowest BCUT2D eigenvalue weighted by atomic mass is 10.3. The summed E-state index contributed by atoms with van der Waals surface area (Å²) in [6, 6.07) is 0. The van der Waals surface area contributed by atoms with Gasteiger partial charge in [0.15, 0.2) is 0 Å². The van der Waals surface area contributed by atoms with Crippen LogP contribution in [0.1, 0.15) is 38.5 Å². The molecule has 0 heterocycles. The monoisotopic (exact) mass is 247 g/mol. The first-order valence-electron chi connectivity index (χ1n) is 6.67. The summed E-state index contributed by atoms with van der Waals surface area (Å²) in [5.74, 6) is 0. The minimum atomic E-state index is 0.238. The summed E-state index contributed by atoms with van der Waals surface area (Å²) in [6.07, 6.45) is 11.7. The first-order chi connectivity index (χ1) is 7.85. The van der Waals surface area contributed by atoms with Gasteiger partial charge in [-0.3, -0.25) is 0 Å². The predicted octanol–water partition coefficient (Wildman–Crippen LogP) is 1.69. The maximum absolute atomic E-state index is 5.53. The molecule has 6 N–H and O–H groups in total. The molecule has 0 rings (SSSR count). The molecule has 0 radical (unpaired) electrons. The Hall–Kier alpha value is 0.310. The van der Waals surface area contributed by atoms with Crippen LogP contribution in [-0.4, -0.2) is 38.1 Å². The molecule has 0 aliphatic carbocycles. The Balaban J connectivity index is 3.58. The maximum Gasteiger partial charge on any atom is -0.00772 e. The molecule has 0 unspecified atom stereocenters. The number of unbranched alkanes of at least 4 members (excludes halogenated alkanes) is 3. The van der Waals surface area contributed by atoms with Gasteiger partial charge >= 0.3 is 0 Å². The van der Waals surface area contributed by atoms with Crippen molar-refractivity contribution in [1.82, 2.24) is 0 Å². The largest absolute Gasteiger partial charge is 0.330 e. The third kappa shape index (κ3) is 10.8. The number of hydrogen-bond donors (Lipinski definition) is 3. The summed E-state index contributed by atoms with van der Waals surface area (Å²) < 4.78 is 0. The Labute approximate surface area is 102 Å². The molecule has 0 bridgehead atoms. The Kier molecular flexibility index (Phi) is 13.6. The van der Waals surface area contributed by atoms with Gasteiger partial charge in [-0.1, -0.05) is 0 Å². The van der Waals surface area contributed by atoms with Crippen LogP contribution in [0.4, 0.5) is 0 Å². The summed E-state index contributed by atoms with van der Waals surface area (Å²) in [6.45, 7) is 2.53. The fourth-order valence-corrected chi connectivity index (χ4v) is 4.46. The Morgan fingerprint density at radius 1 is 0.500 bits per heavy atom. The molecule has 0 fully saturated rings. The van der Waals surface area contributed by atoms with Crippen LogP contribution in [0.2, 0.25) is 0 Å². The molecule has 0 amide bonds. The van der Waals surface area contributed by atoms with Gasteiger partial charge in [0.25, 0.3) is 0 Å². The van der Waals surface area contributed by atoms with E-state index in [2.05, 4.69) is 0 Å². The topological polar surface area (TPSA) is 78.1 Å². The Bertz CT molecular complexity index is 110. The highest BCUT2D eigenvalue weighted by atomic mass is 31.1. The smallest absolute Gasteiger partial charge is 0.00772 e. The van der Waals surface area contributed by atoms with Crippen LogP contribution < -0.4 is 17.2 Å². The van der Waals surface area contributed by atoms with Crippen molar-refractivity contribution in [3.63, 3.8) is 0 Å². The van der Waals surface area contributed by atoms with Crippen LogP contribution in [0, 0.1) is 0 Å². The molecule has 0 aromatic rings. The molecule has 0 saturated heterocycles. The molecule has 3 nitrogen and oxygen atoms in total. The minimum absolute atomic E-state index is 0.238. The quantitative estimate of drug-likeness (QED) is 0.363. The van der Waals surface area contributed by atoms with Gasteiger partial charge in [-0.15, -0.1) is 7.92 Å². The second-order valence-corrected chi connectivity index (χ2v) is 7.01. The van der Waals surface area contributed by atoms with E-state index in [9.17, 15) is 0 Å². The molecular formula is C12H30N3P. The summed E-state index contributed by atoms with van der Waals surface area (Å²) in [5, 5.41) is 0. The van der Waals surface area contributed by atoms with E-state index < -0.39 is 0 Å². The summed E-state index contributed by atoms with van der Waals surface area (Å²) >= 11 is 0. The zero-order valence-corrected chi connectivity index (χ0v) is 11.6. The normalized spacial score (nSPS) is 11.2. The fraction of sp³-hybridized carbons (Fsp3) is 1.00. The first-order valence-corrected chi connectivity index (χ1v) is 8.57. The SMILES string of the molecule is NCCCCP(CCCCN)CCCCN. The van der Waals surface area contributed by atoms with Crippen molar-refractivity contribution in [2.75, 3.05) is 38.1 Å². The van der Waals surface area contributed by atoms with Gasteiger partial charge in [0.2, 0.25) is 0 Å². The van der Waals surface area contributed by atoms with E-state index in [0.29, 0.717) is 0 Å². The van der Waals surface area contributed by atoms with E-state index in [0.717, 1.165) is 19.6 Å². The lowest BCUT2D eigenvalue weighted by Gasteiger charge is -2.17. The van der Waals surface area contributed by atoms with Crippen LogP contribution in [0.25, 0.3) is 0 Å². The molecule has 0 saturated carbocycles. The average molecular weight is 247 g/mol. The van der Waals surface area contributed by atoms with Gasteiger partial charge in [-0.2, -0.15) is 0 Å². The molecule has 4 heteroatoms. The molecule has 16 heavy (non-hydrogen) atoms. The Morgan fingerprint density at radius 2 is 0.812 bits per heavy atom. The summed E-state index contributed by atoms with van der Waals surface area (Å²) in [4.78, 5) is 0. The highest BCUT2D eigenvalue weighted by molar-refractivity contribution is 7.57. The van der Waals surface area contributed by atoms with Crippen LogP contribution in [0.3, 0.4) is 0 Å². The third-order valence-electron chi connectivity index (χ3n) is 2.79. The van der Waals surface area contributed by atoms with E-state index in [-0.39, 0.29) is 7.92 Å². The number of nitrogens with two attached hydrogens (primary N) is 3. The molecule has 0 spiro atoms. The van der Waals surface area contributed by atoms with Crippen molar-refractivity contribution < 1.29 is 0 Å². The van der Waals surface area contributed by atoms with Crippen molar-refractivity contribution >= 4 is 7.92 Å². The average Bonchev–Trinajstić information content (AvgIpc) is 2.29. The van der Waals surface area contributed by atoms with Crippen LogP contribution in [0.15, 0.2) is 0 Å². The fourth-order valence-electron chi connectivity index (χ4n) is 1.77. The summed E-state index contributed by atoms with van der Waals surface area (Å²) in [7, 11) is 0.238. The van der Waals surface area contributed by atoms with E-state index in [1.165, 1.54) is 57.0 Å². The molecule has 0 aromatic heterocycles. The molecule has 0 aromatic carbocycles. The first kappa shape index (κ1) is 16.3. The molecular weight excluding hydrogens is 217 g/mol. The molecule has 98 valence electrons. The van der Waals surface area contributed by atoms with Crippen molar-refractivity contribution in [3.8, 4) is 0 Å². The van der Waals surface area contributed by atoms with Crippen LogP contribution in [0.5, 0.6) is 0 Å². The number of hydrogen-bond acceptors (Lipinski definition) is 3. The lowest BCUT2D eigenvalue weighted by molar-refractivity contribution is 0.781. The number of rotatable bonds is 12. The second kappa shape index (κ2) is 13.4. The van der Waals surface area contributed by atoms with Crippen molar-refractivity contribution in [2.24, 2.45) is 17.2 Å². The van der Waals surface area contributed by atoms with Gasteiger partial charge in [-0.25, -0.2) is 0 Å².